The van der Waals surface area contributed by atoms with E-state index in [4.69, 9.17) is 0 Å². The molecule has 206 valence electrons. The molecular weight excluding hydrogens is 506 g/mol. The van der Waals surface area contributed by atoms with E-state index >= 15 is 0 Å². The highest BCUT2D eigenvalue weighted by Crippen LogP contribution is 2.23. The molecule has 0 aliphatic carbocycles. The van der Waals surface area contributed by atoms with E-state index in [0.717, 1.165) is 41.0 Å². The van der Waals surface area contributed by atoms with Gasteiger partial charge in [-0.3, -0.25) is 4.79 Å². The van der Waals surface area contributed by atoms with Crippen LogP contribution in [0, 0.1) is 0 Å². The number of H-pyrrole nitrogens is 1. The average Bonchev–Trinajstić information content (AvgIpc) is 3.43. The predicted octanol–water partition coefficient (Wildman–Crippen LogP) is 4.18. The number of pyridine rings is 1. The van der Waals surface area contributed by atoms with E-state index in [1.165, 1.54) is 6.08 Å². The van der Waals surface area contributed by atoms with Gasteiger partial charge < -0.3 is 30.7 Å². The molecule has 0 saturated carbocycles. The lowest BCUT2D eigenvalue weighted by Crippen LogP contribution is -2.44. The summed E-state index contributed by atoms with van der Waals surface area (Å²) in [5.74, 6) is 0.561. The van der Waals surface area contributed by atoms with E-state index in [1.807, 2.05) is 42.2 Å². The van der Waals surface area contributed by atoms with Gasteiger partial charge in [0, 0.05) is 72.5 Å². The Labute approximate surface area is 232 Å². The number of likely N-dealkylation sites (N-methyl/N-ethyl adjacent to an activating group) is 1. The molecule has 0 bridgehead atoms. The van der Waals surface area contributed by atoms with Gasteiger partial charge in [0.2, 0.25) is 5.91 Å². The minimum absolute atomic E-state index is 0.140. The Balaban J connectivity index is 1.09. The Morgan fingerprint density at radius 2 is 1.77 bits per heavy atom. The number of aromatic amines is 1. The van der Waals surface area contributed by atoms with Crippen molar-refractivity contribution >= 4 is 40.2 Å². The highest BCUT2D eigenvalue weighted by Gasteiger charge is 2.23. The fourth-order valence-corrected chi connectivity index (χ4v) is 4.50. The fourth-order valence-electron chi connectivity index (χ4n) is 4.50. The van der Waals surface area contributed by atoms with Crippen LogP contribution in [-0.2, 0) is 4.79 Å². The number of hydrogen-bond donors (Lipinski definition) is 4. The van der Waals surface area contributed by atoms with E-state index in [9.17, 15) is 9.59 Å². The first-order valence-corrected chi connectivity index (χ1v) is 13.2. The molecule has 1 fully saturated rings. The second-order valence-electron chi connectivity index (χ2n) is 10.00. The molecule has 5 rings (SSSR count). The zero-order valence-corrected chi connectivity index (χ0v) is 22.6. The van der Waals surface area contributed by atoms with Crippen LogP contribution in [0.25, 0.3) is 22.3 Å². The maximum absolute atomic E-state index is 12.8. The Bertz CT molecular complexity index is 1490. The van der Waals surface area contributed by atoms with Gasteiger partial charge in [0.05, 0.1) is 5.69 Å². The van der Waals surface area contributed by atoms with Gasteiger partial charge in [-0.15, -0.1) is 0 Å². The number of piperidine rings is 1. The Kier molecular flexibility index (Phi) is 8.31. The highest BCUT2D eigenvalue weighted by atomic mass is 16.2. The van der Waals surface area contributed by atoms with Gasteiger partial charge >= 0.3 is 6.03 Å². The number of carbonyl (C=O) groups excluding carboxylic acids is 2. The second-order valence-corrected chi connectivity index (χ2v) is 10.00. The van der Waals surface area contributed by atoms with E-state index in [1.54, 1.807) is 42.9 Å². The van der Waals surface area contributed by atoms with Gasteiger partial charge in [0.1, 0.15) is 17.8 Å². The number of anilines is 3. The molecule has 40 heavy (non-hydrogen) atoms. The molecule has 3 aromatic heterocycles. The molecule has 11 heteroatoms. The van der Waals surface area contributed by atoms with Crippen molar-refractivity contribution in [1.29, 1.82) is 0 Å². The lowest BCUT2D eigenvalue weighted by atomic mass is 10.1. The highest BCUT2D eigenvalue weighted by molar-refractivity contribution is 5.99. The van der Waals surface area contributed by atoms with Crippen molar-refractivity contribution in [3.63, 3.8) is 0 Å². The molecule has 1 aliphatic rings. The van der Waals surface area contributed by atoms with Crippen molar-refractivity contribution in [1.82, 2.24) is 29.7 Å². The van der Waals surface area contributed by atoms with Crippen molar-refractivity contribution in [2.45, 2.75) is 18.9 Å². The van der Waals surface area contributed by atoms with Crippen LogP contribution in [-0.4, -0.2) is 81.4 Å². The minimum atomic E-state index is -0.191. The van der Waals surface area contributed by atoms with Crippen LogP contribution in [0.3, 0.4) is 0 Å². The summed E-state index contributed by atoms with van der Waals surface area (Å²) in [6.07, 6.45) is 10.1. The van der Waals surface area contributed by atoms with Gasteiger partial charge in [-0.25, -0.2) is 19.7 Å². The SMILES string of the molecule is CN(C)C/C=C/C(=O)Nc1ccc(NC(=O)N2CCC(Nc3cc(-c4cnc5[nH]ccc5c4)ncn3)CC2)cc1. The van der Waals surface area contributed by atoms with E-state index in [2.05, 4.69) is 42.0 Å². The predicted molar refractivity (Wildman–Crippen MR) is 157 cm³/mol. The smallest absolute Gasteiger partial charge is 0.321 e. The Morgan fingerprint density at radius 1 is 1.02 bits per heavy atom. The molecule has 1 aromatic carbocycles. The van der Waals surface area contributed by atoms with Crippen molar-refractivity contribution in [2.24, 2.45) is 0 Å². The summed E-state index contributed by atoms with van der Waals surface area (Å²) >= 11 is 0. The number of nitrogens with one attached hydrogen (secondary N) is 4. The number of amides is 3. The number of urea groups is 1. The summed E-state index contributed by atoms with van der Waals surface area (Å²) in [6.45, 7) is 1.95. The van der Waals surface area contributed by atoms with Crippen LogP contribution >= 0.6 is 0 Å². The summed E-state index contributed by atoms with van der Waals surface area (Å²) < 4.78 is 0. The van der Waals surface area contributed by atoms with Crippen LogP contribution in [0.2, 0.25) is 0 Å². The molecule has 4 aromatic rings. The number of fused-ring (bicyclic) bond motifs is 1. The maximum Gasteiger partial charge on any atom is 0.321 e. The summed E-state index contributed by atoms with van der Waals surface area (Å²) in [7, 11) is 3.88. The summed E-state index contributed by atoms with van der Waals surface area (Å²) in [5, 5.41) is 10.3. The first-order chi connectivity index (χ1) is 19.4. The largest absolute Gasteiger partial charge is 0.367 e. The summed E-state index contributed by atoms with van der Waals surface area (Å²) in [5.41, 5.74) is 3.91. The monoisotopic (exact) mass is 539 g/mol. The van der Waals surface area contributed by atoms with Crippen LogP contribution in [0.1, 0.15) is 12.8 Å². The molecule has 0 unspecified atom stereocenters. The quantitative estimate of drug-likeness (QED) is 0.247. The topological polar surface area (TPSA) is 131 Å². The molecule has 4 heterocycles. The lowest BCUT2D eigenvalue weighted by Gasteiger charge is -2.32. The van der Waals surface area contributed by atoms with Crippen molar-refractivity contribution in [2.75, 3.05) is 49.7 Å². The summed E-state index contributed by atoms with van der Waals surface area (Å²) in [6, 6.07) is 13.1. The number of benzene rings is 1. The number of carbonyl (C=O) groups is 2. The molecule has 0 radical (unpaired) electrons. The normalized spacial score (nSPS) is 14.1. The third-order valence-electron chi connectivity index (χ3n) is 6.64. The third-order valence-corrected chi connectivity index (χ3v) is 6.64. The van der Waals surface area contributed by atoms with Crippen molar-refractivity contribution in [3.8, 4) is 11.3 Å². The first-order valence-electron chi connectivity index (χ1n) is 13.2. The zero-order chi connectivity index (χ0) is 27.9. The Morgan fingerprint density at radius 3 is 2.52 bits per heavy atom. The van der Waals surface area contributed by atoms with Crippen molar-refractivity contribution < 1.29 is 9.59 Å². The zero-order valence-electron chi connectivity index (χ0n) is 22.6. The fraction of sp³-hybridized carbons (Fsp3) is 0.276. The van der Waals surface area contributed by atoms with Crippen LogP contribution < -0.4 is 16.0 Å². The molecular formula is C29H33N9O2. The number of nitrogens with zero attached hydrogens (tertiary/aromatic N) is 5. The molecule has 1 saturated heterocycles. The first kappa shape index (κ1) is 26.8. The third kappa shape index (κ3) is 7.00. The Hall–Kier alpha value is -4.77. The number of aromatic nitrogens is 4. The van der Waals surface area contributed by atoms with E-state index in [0.29, 0.717) is 31.0 Å². The van der Waals surface area contributed by atoms with Gasteiger partial charge in [0.15, 0.2) is 0 Å². The number of likely N-dealkylation sites (tertiary alicyclic amines) is 1. The maximum atomic E-state index is 12.8. The standard InChI is InChI=1S/C29H33N9O2/c1-37(2)13-3-4-27(39)35-22-5-7-23(8-6-22)36-29(40)38-14-10-24(11-15-38)34-26-17-25(32-19-33-26)21-16-20-9-12-30-28(20)31-18-21/h3-9,12,16-19,24H,10-11,13-15H2,1-2H3,(H,30,31)(H,35,39)(H,36,40)(H,32,33,34)/b4-3+. The van der Waals surface area contributed by atoms with Crippen molar-refractivity contribution in [3.05, 3.63) is 73.3 Å². The number of hydrogen-bond acceptors (Lipinski definition) is 7. The van der Waals surface area contributed by atoms with Gasteiger partial charge in [-0.1, -0.05) is 6.08 Å². The van der Waals surface area contributed by atoms with Crippen LogP contribution in [0.5, 0.6) is 0 Å². The van der Waals surface area contributed by atoms with Crippen LogP contribution in [0.15, 0.2) is 73.3 Å². The lowest BCUT2D eigenvalue weighted by molar-refractivity contribution is -0.111. The molecule has 0 spiro atoms. The summed E-state index contributed by atoms with van der Waals surface area (Å²) in [4.78, 5) is 45.0. The van der Waals surface area contributed by atoms with E-state index < -0.39 is 0 Å². The molecule has 11 nitrogen and oxygen atoms in total. The minimum Gasteiger partial charge on any atom is -0.367 e. The molecule has 3 amide bonds. The van der Waals surface area contributed by atoms with Crippen LogP contribution in [0.4, 0.5) is 22.0 Å². The second kappa shape index (κ2) is 12.4. The molecule has 0 atom stereocenters. The van der Waals surface area contributed by atoms with E-state index in [-0.39, 0.29) is 18.0 Å². The number of rotatable bonds is 8. The molecule has 4 N–H and O–H groups in total. The molecule has 1 aliphatic heterocycles. The van der Waals surface area contributed by atoms with Gasteiger partial charge in [-0.05, 0) is 63.3 Å². The van der Waals surface area contributed by atoms with Gasteiger partial charge in [0.25, 0.3) is 0 Å². The average molecular weight is 540 g/mol. The van der Waals surface area contributed by atoms with Gasteiger partial charge in [-0.2, -0.15) is 0 Å².